The van der Waals surface area contributed by atoms with Crippen molar-refractivity contribution in [2.24, 2.45) is 11.5 Å². The third kappa shape index (κ3) is 8.40. The van der Waals surface area contributed by atoms with Gasteiger partial charge in [0.1, 0.15) is 12.1 Å². The number of carbonyl (C=O) groups excluding carboxylic acids is 3. The van der Waals surface area contributed by atoms with Crippen molar-refractivity contribution in [2.75, 3.05) is 12.0 Å². The molecule has 0 aliphatic heterocycles. The van der Waals surface area contributed by atoms with Crippen LogP contribution in [0.3, 0.4) is 0 Å². The molecule has 3 amide bonds. The lowest BCUT2D eigenvalue weighted by atomic mass is 10.0. The van der Waals surface area contributed by atoms with Crippen LogP contribution in [0.2, 0.25) is 0 Å². The van der Waals surface area contributed by atoms with Gasteiger partial charge in [-0.3, -0.25) is 14.4 Å². The van der Waals surface area contributed by atoms with Crippen LogP contribution in [0, 0.1) is 0 Å². The Bertz CT molecular complexity index is 686. The molecule has 10 heteroatoms. The molecule has 0 saturated heterocycles. The fraction of sp³-hybridized carbons (Fsp3) is 0.444. The molecule has 0 aliphatic rings. The molecule has 7 N–H and O–H groups in total. The highest BCUT2D eigenvalue weighted by Gasteiger charge is 2.28. The second kappa shape index (κ2) is 12.0. The Labute approximate surface area is 167 Å². The molecule has 9 nitrogen and oxygen atoms in total. The Morgan fingerprint density at radius 3 is 2.21 bits per heavy atom. The number of hydrogen-bond acceptors (Lipinski definition) is 6. The number of hydrogen-bond donors (Lipinski definition) is 5. The molecule has 0 radical (unpaired) electrons. The van der Waals surface area contributed by atoms with Crippen molar-refractivity contribution in [3.8, 4) is 0 Å². The van der Waals surface area contributed by atoms with Gasteiger partial charge in [0.2, 0.25) is 17.7 Å². The Morgan fingerprint density at radius 1 is 1.07 bits per heavy atom. The fourth-order valence-corrected chi connectivity index (χ4v) is 2.88. The number of carbonyl (C=O) groups is 4. The van der Waals surface area contributed by atoms with Crippen molar-refractivity contribution in [3.05, 3.63) is 35.9 Å². The van der Waals surface area contributed by atoms with Gasteiger partial charge in [-0.05, 0) is 24.0 Å². The van der Waals surface area contributed by atoms with Crippen LogP contribution in [-0.2, 0) is 25.6 Å². The minimum absolute atomic E-state index is 0.135. The average molecular weight is 410 g/mol. The van der Waals surface area contributed by atoms with Gasteiger partial charge in [-0.1, -0.05) is 30.3 Å². The smallest absolute Gasteiger partial charge is 0.326 e. The van der Waals surface area contributed by atoms with Crippen LogP contribution in [0.1, 0.15) is 18.4 Å². The van der Waals surface area contributed by atoms with Gasteiger partial charge in [-0.15, -0.1) is 0 Å². The number of amides is 3. The first kappa shape index (κ1) is 23.4. The van der Waals surface area contributed by atoms with Crippen molar-refractivity contribution in [1.29, 1.82) is 0 Å². The highest BCUT2D eigenvalue weighted by atomic mass is 32.2. The van der Waals surface area contributed by atoms with Crippen LogP contribution < -0.4 is 22.1 Å². The van der Waals surface area contributed by atoms with Crippen molar-refractivity contribution >= 4 is 35.5 Å². The van der Waals surface area contributed by atoms with Crippen LogP contribution in [0.5, 0.6) is 0 Å². The van der Waals surface area contributed by atoms with E-state index in [0.717, 1.165) is 5.56 Å². The number of thioether (sulfide) groups is 1. The molecular weight excluding hydrogens is 384 g/mol. The van der Waals surface area contributed by atoms with E-state index in [0.29, 0.717) is 5.75 Å². The molecule has 0 heterocycles. The third-order valence-corrected chi connectivity index (χ3v) is 4.54. The summed E-state index contributed by atoms with van der Waals surface area (Å²) in [7, 11) is 0. The molecule has 1 rings (SSSR count). The molecule has 1 aromatic carbocycles. The quantitative estimate of drug-likeness (QED) is 0.302. The minimum Gasteiger partial charge on any atom is -0.480 e. The number of nitrogens with two attached hydrogens (primary N) is 2. The number of primary amides is 1. The molecule has 154 valence electrons. The first-order valence-electron chi connectivity index (χ1n) is 8.64. The molecule has 0 spiro atoms. The molecule has 0 aromatic heterocycles. The van der Waals surface area contributed by atoms with E-state index >= 15 is 0 Å². The molecule has 3 atom stereocenters. The summed E-state index contributed by atoms with van der Waals surface area (Å²) in [5.74, 6) is -2.70. The number of carboxylic acids is 1. The predicted octanol–water partition coefficient (Wildman–Crippen LogP) is -0.761. The maximum absolute atomic E-state index is 12.7. The summed E-state index contributed by atoms with van der Waals surface area (Å²) in [5, 5.41) is 14.3. The van der Waals surface area contributed by atoms with Gasteiger partial charge in [0.05, 0.1) is 12.5 Å². The zero-order valence-corrected chi connectivity index (χ0v) is 16.4. The van der Waals surface area contributed by atoms with Gasteiger partial charge < -0.3 is 27.2 Å². The molecular formula is C18H26N4O5S. The van der Waals surface area contributed by atoms with Crippen LogP contribution in [-0.4, -0.2) is 58.9 Å². The highest BCUT2D eigenvalue weighted by molar-refractivity contribution is 7.98. The largest absolute Gasteiger partial charge is 0.480 e. The fourth-order valence-electron chi connectivity index (χ4n) is 2.41. The SMILES string of the molecule is CSCC[C@H](NC(=O)[C@H](Cc1ccccc1)NC(=O)[C@@H](N)CC(N)=O)C(=O)O. The normalized spacial score (nSPS) is 13.8. The zero-order chi connectivity index (χ0) is 21.1. The molecule has 0 fully saturated rings. The zero-order valence-electron chi connectivity index (χ0n) is 15.6. The summed E-state index contributed by atoms with van der Waals surface area (Å²) < 4.78 is 0. The van der Waals surface area contributed by atoms with Gasteiger partial charge in [-0.2, -0.15) is 11.8 Å². The topological polar surface area (TPSA) is 165 Å². The minimum atomic E-state index is -1.20. The summed E-state index contributed by atoms with van der Waals surface area (Å²) >= 11 is 1.46. The van der Waals surface area contributed by atoms with E-state index < -0.39 is 41.8 Å². The van der Waals surface area contributed by atoms with Gasteiger partial charge in [-0.25, -0.2) is 4.79 Å². The number of nitrogens with one attached hydrogen (secondary N) is 2. The third-order valence-electron chi connectivity index (χ3n) is 3.90. The lowest BCUT2D eigenvalue weighted by molar-refractivity contribution is -0.142. The van der Waals surface area contributed by atoms with Gasteiger partial charge in [0, 0.05) is 6.42 Å². The number of aliphatic carboxylic acids is 1. The Balaban J connectivity index is 2.91. The van der Waals surface area contributed by atoms with Crippen molar-refractivity contribution in [1.82, 2.24) is 10.6 Å². The standard InChI is InChI=1S/C18H26N4O5S/c1-28-8-7-13(18(26)27)21-17(25)14(9-11-5-3-2-4-6-11)22-16(24)12(19)10-15(20)23/h2-6,12-14H,7-10,19H2,1H3,(H2,20,23)(H,21,25)(H,22,24)(H,26,27)/t12-,13-,14-/m0/s1. The lowest BCUT2D eigenvalue weighted by Crippen LogP contribution is -2.55. The van der Waals surface area contributed by atoms with Crippen LogP contribution in [0.15, 0.2) is 30.3 Å². The number of rotatable bonds is 12. The van der Waals surface area contributed by atoms with Gasteiger partial charge >= 0.3 is 5.97 Å². The number of benzene rings is 1. The van der Waals surface area contributed by atoms with E-state index in [2.05, 4.69) is 10.6 Å². The second-order valence-corrected chi connectivity index (χ2v) is 7.19. The molecule has 28 heavy (non-hydrogen) atoms. The van der Waals surface area contributed by atoms with E-state index in [1.807, 2.05) is 12.3 Å². The Hall–Kier alpha value is -2.59. The van der Waals surface area contributed by atoms with Crippen LogP contribution >= 0.6 is 11.8 Å². The summed E-state index contributed by atoms with van der Waals surface area (Å²) in [6.07, 6.45) is 1.85. The van der Waals surface area contributed by atoms with Crippen molar-refractivity contribution < 1.29 is 24.3 Å². The lowest BCUT2D eigenvalue weighted by Gasteiger charge is -2.23. The number of carboxylic acid groups (broad SMARTS) is 1. The summed E-state index contributed by atoms with van der Waals surface area (Å²) in [6.45, 7) is 0. The average Bonchev–Trinajstić information content (AvgIpc) is 2.64. The van der Waals surface area contributed by atoms with E-state index in [9.17, 15) is 24.3 Å². The monoisotopic (exact) mass is 410 g/mol. The predicted molar refractivity (Wildman–Crippen MR) is 106 cm³/mol. The maximum Gasteiger partial charge on any atom is 0.326 e. The second-order valence-electron chi connectivity index (χ2n) is 6.21. The molecule has 0 aliphatic carbocycles. The van der Waals surface area contributed by atoms with Gasteiger partial charge in [0.15, 0.2) is 0 Å². The molecule has 0 saturated carbocycles. The van der Waals surface area contributed by atoms with E-state index in [1.54, 1.807) is 24.3 Å². The Kier molecular flexibility index (Phi) is 10.0. The van der Waals surface area contributed by atoms with Crippen molar-refractivity contribution in [3.63, 3.8) is 0 Å². The summed E-state index contributed by atoms with van der Waals surface area (Å²) in [5.41, 5.74) is 11.4. The maximum atomic E-state index is 12.7. The molecule has 0 unspecified atom stereocenters. The van der Waals surface area contributed by atoms with Crippen LogP contribution in [0.4, 0.5) is 0 Å². The highest BCUT2D eigenvalue weighted by Crippen LogP contribution is 2.06. The van der Waals surface area contributed by atoms with E-state index in [4.69, 9.17) is 11.5 Å². The van der Waals surface area contributed by atoms with E-state index in [1.165, 1.54) is 11.8 Å². The van der Waals surface area contributed by atoms with Crippen molar-refractivity contribution in [2.45, 2.75) is 37.4 Å². The van der Waals surface area contributed by atoms with Crippen LogP contribution in [0.25, 0.3) is 0 Å². The van der Waals surface area contributed by atoms with Gasteiger partial charge in [0.25, 0.3) is 0 Å². The summed E-state index contributed by atoms with van der Waals surface area (Å²) in [4.78, 5) is 47.3. The summed E-state index contributed by atoms with van der Waals surface area (Å²) in [6, 6.07) is 5.60. The molecule has 0 bridgehead atoms. The molecule has 1 aromatic rings. The first-order valence-corrected chi connectivity index (χ1v) is 10.0. The first-order chi connectivity index (χ1) is 13.2. The Morgan fingerprint density at radius 2 is 1.68 bits per heavy atom. The van der Waals surface area contributed by atoms with E-state index in [-0.39, 0.29) is 19.3 Å².